The van der Waals surface area contributed by atoms with E-state index in [1.165, 1.54) is 24.3 Å². The van der Waals surface area contributed by atoms with E-state index < -0.39 is 17.7 Å². The number of alkyl halides is 3. The molecule has 1 unspecified atom stereocenters. The lowest BCUT2D eigenvalue weighted by molar-refractivity contribution is -0.137. The fourth-order valence-electron chi connectivity index (χ4n) is 3.82. The number of carbonyl (C=O) groups excluding carboxylic acids is 1. The molecule has 1 aliphatic heterocycles. The van der Waals surface area contributed by atoms with Crippen LogP contribution in [0.1, 0.15) is 11.1 Å². The zero-order valence-corrected chi connectivity index (χ0v) is 19.1. The van der Waals surface area contributed by atoms with Gasteiger partial charge in [0.1, 0.15) is 5.82 Å². The third-order valence-electron chi connectivity index (χ3n) is 5.46. The second-order valence-corrected chi connectivity index (χ2v) is 8.76. The average molecular weight is 512 g/mol. The van der Waals surface area contributed by atoms with Gasteiger partial charge in [0.05, 0.1) is 22.2 Å². The van der Waals surface area contributed by atoms with Gasteiger partial charge in [0.15, 0.2) is 0 Å². The molecule has 0 saturated carbocycles. The topological polar surface area (TPSA) is 35.6 Å². The first-order valence-corrected chi connectivity index (χ1v) is 11.1. The minimum absolute atomic E-state index is 0.262. The van der Waals surface area contributed by atoms with Gasteiger partial charge in [-0.1, -0.05) is 35.3 Å². The van der Waals surface area contributed by atoms with Gasteiger partial charge in [-0.2, -0.15) is 13.2 Å². The highest BCUT2D eigenvalue weighted by molar-refractivity contribution is 6.36. The Morgan fingerprint density at radius 2 is 1.74 bits per heavy atom. The van der Waals surface area contributed by atoms with Gasteiger partial charge >= 0.3 is 6.18 Å². The molecule has 34 heavy (non-hydrogen) atoms. The Morgan fingerprint density at radius 1 is 1.00 bits per heavy atom. The van der Waals surface area contributed by atoms with Crippen LogP contribution >= 0.6 is 23.2 Å². The zero-order valence-electron chi connectivity index (χ0n) is 17.6. The number of halogens is 6. The molecule has 4 nitrogen and oxygen atoms in total. The standard InChI is InChI=1S/C24H19Cl2F4N3O/c25-18-6-9-22(21(26)11-18)33-14-16(13-32(33)12-15-2-1-3-19(27)10-15)23(34)31-20-7-4-17(5-8-20)24(28,29)30/h1-11,16H,12-14H2,(H,31,34). The maximum atomic E-state index is 13.7. The predicted octanol–water partition coefficient (Wildman–Crippen LogP) is 6.64. The lowest BCUT2D eigenvalue weighted by Crippen LogP contribution is -2.36. The van der Waals surface area contributed by atoms with Crippen molar-refractivity contribution in [2.24, 2.45) is 5.92 Å². The van der Waals surface area contributed by atoms with Crippen LogP contribution in [0.15, 0.2) is 66.7 Å². The second-order valence-electron chi connectivity index (χ2n) is 7.92. The van der Waals surface area contributed by atoms with E-state index in [0.717, 1.165) is 12.1 Å². The van der Waals surface area contributed by atoms with E-state index in [0.29, 0.717) is 34.4 Å². The quantitative estimate of drug-likeness (QED) is 0.390. The third kappa shape index (κ3) is 5.63. The molecule has 1 atom stereocenters. The Labute approximate surface area is 203 Å². The smallest absolute Gasteiger partial charge is 0.326 e. The molecular weight excluding hydrogens is 493 g/mol. The van der Waals surface area contributed by atoms with Crippen molar-refractivity contribution in [1.82, 2.24) is 5.01 Å². The van der Waals surface area contributed by atoms with Crippen molar-refractivity contribution in [2.75, 3.05) is 23.4 Å². The van der Waals surface area contributed by atoms with E-state index in [1.54, 1.807) is 30.3 Å². The number of rotatable bonds is 5. The van der Waals surface area contributed by atoms with Gasteiger partial charge in [-0.3, -0.25) is 4.79 Å². The van der Waals surface area contributed by atoms with Gasteiger partial charge in [0.2, 0.25) is 5.91 Å². The molecule has 0 aromatic heterocycles. The Balaban J connectivity index is 1.54. The van der Waals surface area contributed by atoms with E-state index in [9.17, 15) is 22.4 Å². The highest BCUT2D eigenvalue weighted by Crippen LogP contribution is 2.35. The summed E-state index contributed by atoms with van der Waals surface area (Å²) in [5, 5.41) is 7.24. The number of anilines is 2. The molecule has 1 heterocycles. The summed E-state index contributed by atoms with van der Waals surface area (Å²) in [6.45, 7) is 0.881. The van der Waals surface area contributed by atoms with E-state index in [1.807, 2.05) is 10.0 Å². The molecule has 1 fully saturated rings. The van der Waals surface area contributed by atoms with Gasteiger partial charge in [0, 0.05) is 30.3 Å². The van der Waals surface area contributed by atoms with E-state index in [2.05, 4.69) is 5.32 Å². The van der Waals surface area contributed by atoms with E-state index >= 15 is 0 Å². The van der Waals surface area contributed by atoms with Crippen LogP contribution in [0, 0.1) is 11.7 Å². The number of nitrogens with zero attached hydrogens (tertiary/aromatic N) is 2. The molecule has 1 N–H and O–H groups in total. The summed E-state index contributed by atoms with van der Waals surface area (Å²) in [6, 6.07) is 15.4. The summed E-state index contributed by atoms with van der Waals surface area (Å²) in [6.07, 6.45) is -4.45. The maximum Gasteiger partial charge on any atom is 0.416 e. The molecule has 0 bridgehead atoms. The van der Waals surface area contributed by atoms with Gasteiger partial charge in [-0.15, -0.1) is 0 Å². The van der Waals surface area contributed by atoms with Crippen molar-refractivity contribution in [1.29, 1.82) is 0 Å². The molecule has 1 saturated heterocycles. The average Bonchev–Trinajstić information content (AvgIpc) is 3.17. The highest BCUT2D eigenvalue weighted by atomic mass is 35.5. The maximum absolute atomic E-state index is 13.7. The molecule has 0 aliphatic carbocycles. The number of hydrazine groups is 1. The van der Waals surface area contributed by atoms with Crippen LogP contribution in [-0.4, -0.2) is 24.0 Å². The monoisotopic (exact) mass is 511 g/mol. The molecule has 1 aliphatic rings. The fourth-order valence-corrected chi connectivity index (χ4v) is 4.33. The van der Waals surface area contributed by atoms with Gasteiger partial charge in [-0.05, 0) is 60.2 Å². The summed E-state index contributed by atoms with van der Waals surface area (Å²) in [7, 11) is 0. The molecular formula is C24H19Cl2F4N3O. The molecule has 10 heteroatoms. The van der Waals surface area contributed by atoms with Crippen molar-refractivity contribution in [2.45, 2.75) is 12.7 Å². The molecule has 4 rings (SSSR count). The highest BCUT2D eigenvalue weighted by Gasteiger charge is 2.36. The molecule has 178 valence electrons. The minimum atomic E-state index is -4.45. The van der Waals surface area contributed by atoms with Crippen LogP contribution in [0.2, 0.25) is 10.0 Å². The summed E-state index contributed by atoms with van der Waals surface area (Å²) in [4.78, 5) is 13.0. The number of hydrogen-bond acceptors (Lipinski definition) is 3. The molecule has 0 radical (unpaired) electrons. The van der Waals surface area contributed by atoms with Crippen molar-refractivity contribution in [3.05, 3.63) is 93.7 Å². The lowest BCUT2D eigenvalue weighted by Gasteiger charge is -2.30. The van der Waals surface area contributed by atoms with Crippen LogP contribution in [0.25, 0.3) is 0 Å². The first kappa shape index (κ1) is 24.3. The van der Waals surface area contributed by atoms with Crippen molar-refractivity contribution in [3.63, 3.8) is 0 Å². The van der Waals surface area contributed by atoms with E-state index in [-0.39, 0.29) is 24.0 Å². The Morgan fingerprint density at radius 3 is 2.38 bits per heavy atom. The third-order valence-corrected chi connectivity index (χ3v) is 6.00. The minimum Gasteiger partial charge on any atom is -0.326 e. The van der Waals surface area contributed by atoms with Crippen LogP contribution in [0.5, 0.6) is 0 Å². The summed E-state index contributed by atoms with van der Waals surface area (Å²) >= 11 is 12.4. The van der Waals surface area contributed by atoms with Crippen molar-refractivity contribution < 1.29 is 22.4 Å². The molecule has 0 spiro atoms. The Hall–Kier alpha value is -2.81. The van der Waals surface area contributed by atoms with E-state index in [4.69, 9.17) is 23.2 Å². The van der Waals surface area contributed by atoms with Crippen molar-refractivity contribution >= 4 is 40.5 Å². The van der Waals surface area contributed by atoms with Gasteiger partial charge in [0.25, 0.3) is 0 Å². The number of benzene rings is 3. The summed E-state index contributed by atoms with van der Waals surface area (Å²) < 4.78 is 52.1. The zero-order chi connectivity index (χ0) is 24.5. The molecule has 1 amide bonds. The van der Waals surface area contributed by atoms with Crippen LogP contribution < -0.4 is 10.3 Å². The fraction of sp³-hybridized carbons (Fsp3) is 0.208. The first-order chi connectivity index (χ1) is 16.1. The molecule has 3 aromatic carbocycles. The largest absolute Gasteiger partial charge is 0.416 e. The van der Waals surface area contributed by atoms with Crippen LogP contribution in [0.4, 0.5) is 28.9 Å². The van der Waals surface area contributed by atoms with Crippen LogP contribution in [0.3, 0.4) is 0 Å². The van der Waals surface area contributed by atoms with Gasteiger partial charge in [-0.25, -0.2) is 9.40 Å². The number of nitrogens with one attached hydrogen (secondary N) is 1. The van der Waals surface area contributed by atoms with Crippen LogP contribution in [-0.2, 0) is 17.5 Å². The first-order valence-electron chi connectivity index (χ1n) is 10.3. The summed E-state index contributed by atoms with van der Waals surface area (Å²) in [5.41, 5.74) is 0.806. The predicted molar refractivity (Wildman–Crippen MR) is 124 cm³/mol. The van der Waals surface area contributed by atoms with Crippen molar-refractivity contribution in [3.8, 4) is 0 Å². The second kappa shape index (κ2) is 9.82. The number of hydrogen-bond donors (Lipinski definition) is 1. The number of carbonyl (C=O) groups is 1. The normalized spacial score (nSPS) is 16.6. The van der Waals surface area contributed by atoms with Gasteiger partial charge < -0.3 is 10.3 Å². The SMILES string of the molecule is O=C(Nc1ccc(C(F)(F)F)cc1)C1CN(Cc2cccc(F)c2)N(c2ccc(Cl)cc2Cl)C1. The number of amides is 1. The summed E-state index contributed by atoms with van der Waals surface area (Å²) in [5.74, 6) is -1.25. The Bertz CT molecular complexity index is 1190. The lowest BCUT2D eigenvalue weighted by atomic mass is 10.1. The Kier molecular flexibility index (Phi) is 7.02. The molecule has 3 aromatic rings.